The summed E-state index contributed by atoms with van der Waals surface area (Å²) >= 11 is 0. The molecule has 4 heterocycles. The van der Waals surface area contributed by atoms with E-state index in [4.69, 9.17) is 0 Å². The number of fused-ring (bicyclic) bond motifs is 4. The highest BCUT2D eigenvalue weighted by Crippen LogP contribution is 2.28. The van der Waals surface area contributed by atoms with Crippen LogP contribution < -0.4 is 0 Å². The van der Waals surface area contributed by atoms with E-state index in [1.807, 2.05) is 0 Å². The lowest BCUT2D eigenvalue weighted by Gasteiger charge is -2.37. The molecule has 5 nitrogen and oxygen atoms in total. The number of amides is 2. The van der Waals surface area contributed by atoms with Crippen LogP contribution in [0, 0.1) is 5.92 Å². The van der Waals surface area contributed by atoms with Gasteiger partial charge in [-0.3, -0.25) is 9.59 Å². The van der Waals surface area contributed by atoms with E-state index in [-0.39, 0.29) is 18.4 Å². The third kappa shape index (κ3) is 4.52. The van der Waals surface area contributed by atoms with E-state index in [0.717, 1.165) is 52.0 Å². The topological polar surface area (TPSA) is 43.9 Å². The van der Waals surface area contributed by atoms with Crippen molar-refractivity contribution in [1.29, 1.82) is 0 Å². The summed E-state index contributed by atoms with van der Waals surface area (Å²) in [6, 6.07) is 11.0. The largest absolute Gasteiger partial charge is 0.337 e. The molecular weight excluding hydrogens is 338 g/mol. The van der Waals surface area contributed by atoms with Crippen LogP contribution in [0.4, 0.5) is 0 Å². The number of aryl methyl sites for hydroxylation is 1. The Morgan fingerprint density at radius 3 is 2.70 bits per heavy atom. The van der Waals surface area contributed by atoms with Crippen LogP contribution in [0.2, 0.25) is 0 Å². The van der Waals surface area contributed by atoms with E-state index in [1.165, 1.54) is 18.4 Å². The highest BCUT2D eigenvalue weighted by Gasteiger charge is 2.37. The SMILES string of the molecule is O=C1CCCN1CC(=O)N1C[C@H]2CC[C@@H]1CN(CCCc1ccccc1)C2. The van der Waals surface area contributed by atoms with E-state index >= 15 is 0 Å². The molecule has 5 rings (SSSR count). The van der Waals surface area contributed by atoms with Gasteiger partial charge in [0.1, 0.15) is 0 Å². The Bertz CT molecular complexity index is 663. The van der Waals surface area contributed by atoms with Crippen LogP contribution in [0.1, 0.15) is 37.7 Å². The zero-order valence-corrected chi connectivity index (χ0v) is 16.2. The molecule has 4 aliphatic heterocycles. The standard InChI is InChI=1S/C22H31N3O2/c26-21-9-5-13-24(21)17-22(27)25-15-19-10-11-20(25)16-23(14-19)12-4-8-18-6-2-1-3-7-18/h1-3,6-7,19-20H,4-5,8-17H2/t19-,20+/m0/s1. The van der Waals surface area contributed by atoms with Gasteiger partial charge >= 0.3 is 0 Å². The number of rotatable bonds is 6. The highest BCUT2D eigenvalue weighted by atomic mass is 16.2. The normalized spacial score (nSPS) is 25.9. The highest BCUT2D eigenvalue weighted by molar-refractivity contribution is 5.86. The van der Waals surface area contributed by atoms with E-state index in [9.17, 15) is 9.59 Å². The maximum atomic E-state index is 12.9. The fourth-order valence-corrected chi connectivity index (χ4v) is 4.94. The summed E-state index contributed by atoms with van der Waals surface area (Å²) in [4.78, 5) is 31.1. The second-order valence-corrected chi connectivity index (χ2v) is 8.41. The molecule has 0 radical (unpaired) electrons. The molecule has 0 unspecified atom stereocenters. The van der Waals surface area contributed by atoms with Crippen LogP contribution in [0.3, 0.4) is 0 Å². The van der Waals surface area contributed by atoms with Crippen molar-refractivity contribution >= 4 is 11.8 Å². The molecule has 0 saturated carbocycles. The van der Waals surface area contributed by atoms with Gasteiger partial charge in [0.15, 0.2) is 0 Å². The summed E-state index contributed by atoms with van der Waals surface area (Å²) in [6.07, 6.45) is 6.12. The third-order valence-corrected chi connectivity index (χ3v) is 6.39. The first-order chi connectivity index (χ1) is 13.2. The number of piperidine rings is 1. The minimum absolute atomic E-state index is 0.144. The van der Waals surface area contributed by atoms with Gasteiger partial charge in [-0.05, 0) is 50.1 Å². The van der Waals surface area contributed by atoms with Crippen molar-refractivity contribution in [3.8, 4) is 0 Å². The van der Waals surface area contributed by atoms with Gasteiger partial charge in [-0.1, -0.05) is 30.3 Å². The summed E-state index contributed by atoms with van der Waals surface area (Å²) in [5.41, 5.74) is 1.40. The lowest BCUT2D eigenvalue weighted by molar-refractivity contribution is -0.141. The van der Waals surface area contributed by atoms with Crippen molar-refractivity contribution in [1.82, 2.24) is 14.7 Å². The quantitative estimate of drug-likeness (QED) is 0.772. The summed E-state index contributed by atoms with van der Waals surface area (Å²) in [7, 11) is 0. The zero-order valence-electron chi connectivity index (χ0n) is 16.2. The minimum atomic E-state index is 0.144. The number of likely N-dealkylation sites (tertiary alicyclic amines) is 1. The molecule has 2 bridgehead atoms. The van der Waals surface area contributed by atoms with E-state index in [0.29, 0.717) is 18.4 Å². The second kappa shape index (κ2) is 8.42. The molecule has 2 atom stereocenters. The van der Waals surface area contributed by atoms with E-state index in [2.05, 4.69) is 40.1 Å². The first-order valence-electron chi connectivity index (χ1n) is 10.5. The van der Waals surface area contributed by atoms with Crippen LogP contribution in [0.15, 0.2) is 30.3 Å². The van der Waals surface area contributed by atoms with Gasteiger partial charge in [-0.2, -0.15) is 0 Å². The van der Waals surface area contributed by atoms with Crippen LogP contribution in [0.5, 0.6) is 0 Å². The molecule has 146 valence electrons. The number of carbonyl (C=O) groups is 2. The Kier molecular flexibility index (Phi) is 5.77. The van der Waals surface area contributed by atoms with Crippen LogP contribution in [-0.2, 0) is 16.0 Å². The number of hydrogen-bond donors (Lipinski definition) is 0. The van der Waals surface area contributed by atoms with Crippen molar-refractivity contribution in [2.45, 2.75) is 44.6 Å². The molecule has 0 aliphatic carbocycles. The van der Waals surface area contributed by atoms with Gasteiger partial charge in [0.25, 0.3) is 0 Å². The van der Waals surface area contributed by atoms with Gasteiger partial charge in [-0.15, -0.1) is 0 Å². The molecule has 27 heavy (non-hydrogen) atoms. The second-order valence-electron chi connectivity index (χ2n) is 8.41. The number of hydrogen-bond acceptors (Lipinski definition) is 3. The summed E-state index contributed by atoms with van der Waals surface area (Å²) in [5, 5.41) is 0. The molecule has 1 aromatic rings. The fourth-order valence-electron chi connectivity index (χ4n) is 4.94. The van der Waals surface area contributed by atoms with Crippen molar-refractivity contribution < 1.29 is 9.59 Å². The number of nitrogens with zero attached hydrogens (tertiary/aromatic N) is 3. The number of carbonyl (C=O) groups excluding carboxylic acids is 2. The van der Waals surface area contributed by atoms with Gasteiger partial charge in [0, 0.05) is 38.6 Å². The Morgan fingerprint density at radius 2 is 1.93 bits per heavy atom. The van der Waals surface area contributed by atoms with Gasteiger partial charge in [0.2, 0.25) is 11.8 Å². The maximum absolute atomic E-state index is 12.9. The lowest BCUT2D eigenvalue weighted by Crippen LogP contribution is -2.51. The molecule has 4 fully saturated rings. The molecule has 1 aromatic carbocycles. The third-order valence-electron chi connectivity index (χ3n) is 6.39. The maximum Gasteiger partial charge on any atom is 0.242 e. The first-order valence-corrected chi connectivity index (χ1v) is 10.5. The fraction of sp³-hybridized carbons (Fsp3) is 0.636. The summed E-state index contributed by atoms with van der Waals surface area (Å²) in [6.45, 7) is 5.12. The van der Waals surface area contributed by atoms with Gasteiger partial charge < -0.3 is 14.7 Å². The Morgan fingerprint density at radius 1 is 1.07 bits per heavy atom. The molecule has 2 amide bonds. The Labute approximate surface area is 162 Å². The van der Waals surface area contributed by atoms with Crippen LogP contribution >= 0.6 is 0 Å². The molecule has 4 saturated heterocycles. The van der Waals surface area contributed by atoms with Crippen molar-refractivity contribution in [2.24, 2.45) is 5.92 Å². The summed E-state index contributed by atoms with van der Waals surface area (Å²) in [5.74, 6) is 0.885. The Balaban J connectivity index is 1.30. The molecule has 5 heteroatoms. The first kappa shape index (κ1) is 18.5. The van der Waals surface area contributed by atoms with Crippen LogP contribution in [-0.4, -0.2) is 71.8 Å². The van der Waals surface area contributed by atoms with E-state index in [1.54, 1.807) is 4.90 Å². The average molecular weight is 370 g/mol. The smallest absolute Gasteiger partial charge is 0.242 e. The minimum Gasteiger partial charge on any atom is -0.337 e. The zero-order chi connectivity index (χ0) is 18.6. The average Bonchev–Trinajstić information content (AvgIpc) is 2.89. The molecule has 0 spiro atoms. The Hall–Kier alpha value is -1.88. The van der Waals surface area contributed by atoms with E-state index < -0.39 is 0 Å². The van der Waals surface area contributed by atoms with Crippen molar-refractivity contribution in [2.75, 3.05) is 39.3 Å². The molecule has 0 N–H and O–H groups in total. The number of benzene rings is 1. The van der Waals surface area contributed by atoms with Gasteiger partial charge in [0.05, 0.1) is 6.54 Å². The predicted octanol–water partition coefficient (Wildman–Crippen LogP) is 2.16. The molecular formula is C22H31N3O2. The molecule has 4 aliphatic rings. The van der Waals surface area contributed by atoms with Gasteiger partial charge in [-0.25, -0.2) is 0 Å². The molecule has 0 aromatic heterocycles. The monoisotopic (exact) mass is 369 g/mol. The van der Waals surface area contributed by atoms with Crippen LogP contribution in [0.25, 0.3) is 0 Å². The van der Waals surface area contributed by atoms with Crippen molar-refractivity contribution in [3.05, 3.63) is 35.9 Å². The predicted molar refractivity (Wildman–Crippen MR) is 105 cm³/mol. The summed E-state index contributed by atoms with van der Waals surface area (Å²) < 4.78 is 0. The lowest BCUT2D eigenvalue weighted by atomic mass is 9.95. The van der Waals surface area contributed by atoms with Crippen molar-refractivity contribution in [3.63, 3.8) is 0 Å².